The predicted octanol–water partition coefficient (Wildman–Crippen LogP) is 1.65. The van der Waals surface area contributed by atoms with Gasteiger partial charge >= 0.3 is 0 Å². The predicted molar refractivity (Wildman–Crippen MR) is 54.9 cm³/mol. The minimum Gasteiger partial charge on any atom is -0.391 e. The van der Waals surface area contributed by atoms with E-state index in [1.807, 2.05) is 0 Å². The van der Waals surface area contributed by atoms with Gasteiger partial charge in [-0.2, -0.15) is 0 Å². The third kappa shape index (κ3) is 2.67. The second-order valence-corrected chi connectivity index (χ2v) is 3.68. The molecule has 14 heavy (non-hydrogen) atoms. The molecule has 1 aromatic carbocycles. The van der Waals surface area contributed by atoms with Crippen LogP contribution in [0, 0.1) is 12.7 Å². The van der Waals surface area contributed by atoms with Crippen LogP contribution in [0.25, 0.3) is 0 Å². The lowest BCUT2D eigenvalue weighted by atomic mass is 10.1. The van der Waals surface area contributed by atoms with Crippen LogP contribution < -0.4 is 5.73 Å². The van der Waals surface area contributed by atoms with Crippen molar-refractivity contribution in [3.8, 4) is 0 Å². The minimum absolute atomic E-state index is 0.135. The monoisotopic (exact) mass is 217 g/mol. The summed E-state index contributed by atoms with van der Waals surface area (Å²) in [6, 6.07) is 3.08. The summed E-state index contributed by atoms with van der Waals surface area (Å²) >= 11 is 5.66. The lowest BCUT2D eigenvalue weighted by molar-refractivity contribution is 0.183. The summed E-state index contributed by atoms with van der Waals surface area (Å²) in [6.07, 6.45) is -0.277. The Kier molecular flexibility index (Phi) is 3.86. The highest BCUT2D eigenvalue weighted by Gasteiger charge is 2.08. The topological polar surface area (TPSA) is 46.2 Å². The second kappa shape index (κ2) is 4.73. The molecule has 1 rings (SSSR count). The molecular weight excluding hydrogens is 205 g/mol. The number of benzene rings is 1. The zero-order chi connectivity index (χ0) is 10.7. The van der Waals surface area contributed by atoms with Gasteiger partial charge in [0.1, 0.15) is 5.82 Å². The van der Waals surface area contributed by atoms with E-state index < -0.39 is 11.9 Å². The van der Waals surface area contributed by atoms with Gasteiger partial charge in [-0.3, -0.25) is 0 Å². The van der Waals surface area contributed by atoms with E-state index >= 15 is 0 Å². The van der Waals surface area contributed by atoms with Crippen LogP contribution in [0.1, 0.15) is 11.1 Å². The van der Waals surface area contributed by atoms with Crippen molar-refractivity contribution in [1.82, 2.24) is 0 Å². The Morgan fingerprint density at radius 2 is 2.21 bits per heavy atom. The molecule has 1 atom stereocenters. The third-order valence-electron chi connectivity index (χ3n) is 2.01. The van der Waals surface area contributed by atoms with Crippen LogP contribution in [0.2, 0.25) is 5.02 Å². The highest BCUT2D eigenvalue weighted by atomic mass is 35.5. The van der Waals surface area contributed by atoms with Crippen molar-refractivity contribution in [1.29, 1.82) is 0 Å². The van der Waals surface area contributed by atoms with Crippen molar-refractivity contribution >= 4 is 11.6 Å². The second-order valence-electron chi connectivity index (χ2n) is 3.30. The number of aliphatic hydroxyl groups excluding tert-OH is 1. The normalized spacial score (nSPS) is 12.9. The number of aliphatic hydroxyl groups is 1. The Bertz CT molecular complexity index is 307. The molecule has 78 valence electrons. The van der Waals surface area contributed by atoms with E-state index in [1.165, 1.54) is 6.07 Å². The van der Waals surface area contributed by atoms with E-state index in [-0.39, 0.29) is 11.6 Å². The molecule has 4 heteroatoms. The first-order valence-corrected chi connectivity index (χ1v) is 4.75. The number of halogens is 2. The molecule has 1 aromatic rings. The van der Waals surface area contributed by atoms with Crippen molar-refractivity contribution in [2.75, 3.05) is 6.54 Å². The molecule has 0 saturated heterocycles. The molecule has 0 aliphatic heterocycles. The Balaban J connectivity index is 2.89. The number of aryl methyl sites for hydroxylation is 1. The van der Waals surface area contributed by atoms with Gasteiger partial charge in [-0.05, 0) is 30.5 Å². The summed E-state index contributed by atoms with van der Waals surface area (Å²) in [5.41, 5.74) is 6.64. The first-order chi connectivity index (χ1) is 6.54. The number of hydrogen-bond donors (Lipinski definition) is 2. The van der Waals surface area contributed by atoms with Crippen molar-refractivity contribution in [2.45, 2.75) is 19.4 Å². The smallest absolute Gasteiger partial charge is 0.142 e. The molecule has 0 saturated carbocycles. The van der Waals surface area contributed by atoms with Crippen molar-refractivity contribution in [3.63, 3.8) is 0 Å². The van der Waals surface area contributed by atoms with Crippen LogP contribution in [0.5, 0.6) is 0 Å². The Morgan fingerprint density at radius 3 is 2.71 bits per heavy atom. The summed E-state index contributed by atoms with van der Waals surface area (Å²) < 4.78 is 13.1. The molecule has 0 aromatic heterocycles. The minimum atomic E-state index is -0.630. The average molecular weight is 218 g/mol. The molecule has 0 aliphatic carbocycles. The summed E-state index contributed by atoms with van der Waals surface area (Å²) in [4.78, 5) is 0. The van der Waals surface area contributed by atoms with E-state index in [9.17, 15) is 9.50 Å². The zero-order valence-corrected chi connectivity index (χ0v) is 8.68. The average Bonchev–Trinajstić information content (AvgIpc) is 2.14. The summed E-state index contributed by atoms with van der Waals surface area (Å²) in [7, 11) is 0. The largest absolute Gasteiger partial charge is 0.391 e. The fourth-order valence-electron chi connectivity index (χ4n) is 1.27. The van der Waals surface area contributed by atoms with Crippen molar-refractivity contribution < 1.29 is 9.50 Å². The van der Waals surface area contributed by atoms with Gasteiger partial charge in [0, 0.05) is 6.54 Å². The first-order valence-electron chi connectivity index (χ1n) is 4.37. The molecule has 0 radical (unpaired) electrons. The van der Waals surface area contributed by atoms with Crippen LogP contribution in [0.4, 0.5) is 4.39 Å². The van der Waals surface area contributed by atoms with Gasteiger partial charge in [0.25, 0.3) is 0 Å². The van der Waals surface area contributed by atoms with Crippen molar-refractivity contribution in [2.24, 2.45) is 5.73 Å². The lowest BCUT2D eigenvalue weighted by Crippen LogP contribution is -2.22. The van der Waals surface area contributed by atoms with Gasteiger partial charge in [-0.25, -0.2) is 4.39 Å². The van der Waals surface area contributed by atoms with Crippen LogP contribution in [0.3, 0.4) is 0 Å². The molecular formula is C10H13ClFNO. The Hall–Kier alpha value is -0.640. The van der Waals surface area contributed by atoms with Gasteiger partial charge in [-0.1, -0.05) is 17.7 Å². The molecule has 0 fully saturated rings. The van der Waals surface area contributed by atoms with Gasteiger partial charge in [-0.15, -0.1) is 0 Å². The van der Waals surface area contributed by atoms with Gasteiger partial charge < -0.3 is 10.8 Å². The molecule has 0 bridgehead atoms. The SMILES string of the molecule is Cc1cc(C[C@H](O)CN)cc(F)c1Cl. The van der Waals surface area contributed by atoms with Crippen molar-refractivity contribution in [3.05, 3.63) is 34.1 Å². The van der Waals surface area contributed by atoms with E-state index in [2.05, 4.69) is 0 Å². The summed E-state index contributed by atoms with van der Waals surface area (Å²) in [5, 5.41) is 9.42. The Morgan fingerprint density at radius 1 is 1.57 bits per heavy atom. The van der Waals surface area contributed by atoms with Gasteiger partial charge in [0.15, 0.2) is 0 Å². The summed E-state index contributed by atoms with van der Waals surface area (Å²) in [6.45, 7) is 1.90. The molecule has 0 unspecified atom stereocenters. The van der Waals surface area contributed by atoms with E-state index in [1.54, 1.807) is 13.0 Å². The highest BCUT2D eigenvalue weighted by Crippen LogP contribution is 2.21. The molecule has 0 spiro atoms. The maximum Gasteiger partial charge on any atom is 0.142 e. The van der Waals surface area contributed by atoms with E-state index in [0.717, 1.165) is 0 Å². The fraction of sp³-hybridized carbons (Fsp3) is 0.400. The first kappa shape index (κ1) is 11.4. The zero-order valence-electron chi connectivity index (χ0n) is 7.93. The maximum absolute atomic E-state index is 13.1. The van der Waals surface area contributed by atoms with Crippen LogP contribution in [0.15, 0.2) is 12.1 Å². The highest BCUT2D eigenvalue weighted by molar-refractivity contribution is 6.31. The quantitative estimate of drug-likeness (QED) is 0.809. The molecule has 0 heterocycles. The fourth-order valence-corrected chi connectivity index (χ4v) is 1.38. The van der Waals surface area contributed by atoms with Crippen LogP contribution in [-0.4, -0.2) is 17.8 Å². The maximum atomic E-state index is 13.1. The molecule has 2 nitrogen and oxygen atoms in total. The third-order valence-corrected chi connectivity index (χ3v) is 2.49. The number of nitrogens with two attached hydrogens (primary N) is 1. The van der Waals surface area contributed by atoms with Crippen LogP contribution >= 0.6 is 11.6 Å². The number of hydrogen-bond acceptors (Lipinski definition) is 2. The van der Waals surface area contributed by atoms with Gasteiger partial charge in [0.05, 0.1) is 11.1 Å². The van der Waals surface area contributed by atoms with Crippen LogP contribution in [-0.2, 0) is 6.42 Å². The lowest BCUT2D eigenvalue weighted by Gasteiger charge is -2.09. The standard InChI is InChI=1S/C10H13ClFNO/c1-6-2-7(3-8(14)5-13)4-9(12)10(6)11/h2,4,8,14H,3,5,13H2,1H3/t8-/m0/s1. The molecule has 0 amide bonds. The number of rotatable bonds is 3. The molecule has 3 N–H and O–H groups in total. The van der Waals surface area contributed by atoms with Gasteiger partial charge in [0.2, 0.25) is 0 Å². The van der Waals surface area contributed by atoms with E-state index in [4.69, 9.17) is 17.3 Å². The summed E-state index contributed by atoms with van der Waals surface area (Å²) in [5.74, 6) is -0.453. The Labute approximate surface area is 87.5 Å². The van der Waals surface area contributed by atoms with E-state index in [0.29, 0.717) is 17.5 Å². The molecule has 0 aliphatic rings.